The van der Waals surface area contributed by atoms with E-state index in [2.05, 4.69) is 15.2 Å². The summed E-state index contributed by atoms with van der Waals surface area (Å²) < 4.78 is 10.5. The molecule has 1 amide bonds. The average Bonchev–Trinajstić information content (AvgIpc) is 2.70. The van der Waals surface area contributed by atoms with Crippen LogP contribution < -0.4 is 10.2 Å². The van der Waals surface area contributed by atoms with E-state index in [0.29, 0.717) is 11.3 Å². The van der Waals surface area contributed by atoms with Gasteiger partial charge in [-0.05, 0) is 43.3 Å². The summed E-state index contributed by atoms with van der Waals surface area (Å²) in [6.07, 6.45) is 2.09. The number of morpholine rings is 1. The Morgan fingerprint density at radius 2 is 1.77 bits per heavy atom. The third kappa shape index (κ3) is 4.58. The second-order valence-corrected chi connectivity index (χ2v) is 5.92. The second-order valence-electron chi connectivity index (χ2n) is 5.92. The molecule has 1 aliphatic heterocycles. The second kappa shape index (κ2) is 8.44. The van der Waals surface area contributed by atoms with Crippen LogP contribution >= 0.6 is 0 Å². The summed E-state index contributed by atoms with van der Waals surface area (Å²) in [4.78, 5) is 30.3. The van der Waals surface area contributed by atoms with E-state index in [1.54, 1.807) is 0 Å². The van der Waals surface area contributed by atoms with Crippen LogP contribution in [-0.2, 0) is 14.3 Å². The maximum absolute atomic E-state index is 12.2. The van der Waals surface area contributed by atoms with Gasteiger partial charge in [0, 0.05) is 36.9 Å². The van der Waals surface area contributed by atoms with Crippen molar-refractivity contribution in [2.24, 2.45) is 0 Å². The number of hydrogen-bond acceptors (Lipinski definition) is 6. The van der Waals surface area contributed by atoms with Crippen LogP contribution in [0.3, 0.4) is 0 Å². The van der Waals surface area contributed by atoms with Crippen molar-refractivity contribution in [3.63, 3.8) is 0 Å². The van der Waals surface area contributed by atoms with Crippen LogP contribution in [0.25, 0.3) is 0 Å². The van der Waals surface area contributed by atoms with Gasteiger partial charge in [-0.15, -0.1) is 0 Å². The number of amides is 1. The highest BCUT2D eigenvalue weighted by atomic mass is 16.5. The Kier molecular flexibility index (Phi) is 5.80. The molecule has 7 nitrogen and oxygen atoms in total. The zero-order chi connectivity index (χ0) is 18.4. The molecule has 1 aromatic carbocycles. The number of rotatable bonds is 5. The van der Waals surface area contributed by atoms with Gasteiger partial charge in [0.1, 0.15) is 0 Å². The van der Waals surface area contributed by atoms with Gasteiger partial charge in [-0.2, -0.15) is 0 Å². The van der Waals surface area contributed by atoms with Gasteiger partial charge in [-0.1, -0.05) is 0 Å². The Hall–Kier alpha value is -2.93. The van der Waals surface area contributed by atoms with Gasteiger partial charge in [0.15, 0.2) is 6.10 Å². The number of pyridine rings is 1. The Labute approximate surface area is 151 Å². The highest BCUT2D eigenvalue weighted by Crippen LogP contribution is 2.19. The molecule has 2 heterocycles. The summed E-state index contributed by atoms with van der Waals surface area (Å²) in [5.41, 5.74) is 2.09. The van der Waals surface area contributed by atoms with Gasteiger partial charge in [-0.3, -0.25) is 9.78 Å². The van der Waals surface area contributed by atoms with Crippen molar-refractivity contribution in [3.8, 4) is 0 Å². The van der Waals surface area contributed by atoms with Crippen LogP contribution in [0.2, 0.25) is 0 Å². The molecule has 0 spiro atoms. The molecule has 1 aliphatic rings. The number of aromatic nitrogens is 1. The summed E-state index contributed by atoms with van der Waals surface area (Å²) in [5, 5.41) is 2.76. The van der Waals surface area contributed by atoms with Gasteiger partial charge in [0.2, 0.25) is 0 Å². The average molecular weight is 355 g/mol. The number of carbonyl (C=O) groups excluding carboxylic acids is 2. The normalized spacial score (nSPS) is 15.2. The number of benzene rings is 1. The molecule has 26 heavy (non-hydrogen) atoms. The molecular formula is C19H21N3O4. The van der Waals surface area contributed by atoms with Crippen molar-refractivity contribution < 1.29 is 19.1 Å². The molecule has 0 radical (unpaired) electrons. The van der Waals surface area contributed by atoms with Crippen LogP contribution in [0.15, 0.2) is 48.8 Å². The third-order valence-electron chi connectivity index (χ3n) is 4.08. The predicted molar refractivity (Wildman–Crippen MR) is 97.2 cm³/mol. The van der Waals surface area contributed by atoms with Crippen molar-refractivity contribution in [2.45, 2.75) is 13.0 Å². The lowest BCUT2D eigenvalue weighted by Crippen LogP contribution is -2.36. The van der Waals surface area contributed by atoms with E-state index in [9.17, 15) is 9.59 Å². The minimum absolute atomic E-state index is 0.356. The molecule has 136 valence electrons. The zero-order valence-electron chi connectivity index (χ0n) is 14.6. The molecule has 1 N–H and O–H groups in total. The molecule has 7 heteroatoms. The largest absolute Gasteiger partial charge is 0.449 e. The Morgan fingerprint density at radius 3 is 2.42 bits per heavy atom. The predicted octanol–water partition coefficient (Wildman–Crippen LogP) is 2.10. The lowest BCUT2D eigenvalue weighted by atomic mass is 10.2. The number of esters is 1. The first-order chi connectivity index (χ1) is 12.6. The minimum atomic E-state index is -0.908. The fourth-order valence-corrected chi connectivity index (χ4v) is 2.59. The molecular weight excluding hydrogens is 334 g/mol. The van der Waals surface area contributed by atoms with Crippen molar-refractivity contribution >= 4 is 23.3 Å². The molecule has 1 unspecified atom stereocenters. The van der Waals surface area contributed by atoms with Crippen molar-refractivity contribution in [1.29, 1.82) is 0 Å². The van der Waals surface area contributed by atoms with E-state index in [-0.39, 0.29) is 5.91 Å². The summed E-state index contributed by atoms with van der Waals surface area (Å²) in [6.45, 7) is 4.69. The first kappa shape index (κ1) is 17.9. The molecule has 0 saturated carbocycles. The van der Waals surface area contributed by atoms with Gasteiger partial charge in [0.25, 0.3) is 5.91 Å². The van der Waals surface area contributed by atoms with Crippen LogP contribution in [0.5, 0.6) is 0 Å². The number of carbonyl (C=O) groups is 2. The molecule has 1 atom stereocenters. The molecule has 1 saturated heterocycles. The standard InChI is InChI=1S/C19H21N3O4/c1-14(26-19(24)15-6-8-20-9-7-15)18(23)21-16-2-4-17(5-3-16)22-10-12-25-13-11-22/h2-9,14H,10-13H2,1H3,(H,21,23). The fourth-order valence-electron chi connectivity index (χ4n) is 2.59. The first-order valence-corrected chi connectivity index (χ1v) is 8.48. The molecule has 1 aromatic heterocycles. The Balaban J connectivity index is 1.54. The lowest BCUT2D eigenvalue weighted by molar-refractivity contribution is -0.123. The van der Waals surface area contributed by atoms with Crippen LogP contribution in [0, 0.1) is 0 Å². The highest BCUT2D eigenvalue weighted by molar-refractivity contribution is 5.97. The van der Waals surface area contributed by atoms with E-state index >= 15 is 0 Å². The van der Waals surface area contributed by atoms with E-state index < -0.39 is 12.1 Å². The quantitative estimate of drug-likeness (QED) is 0.828. The zero-order valence-corrected chi connectivity index (χ0v) is 14.6. The maximum Gasteiger partial charge on any atom is 0.339 e. The van der Waals surface area contributed by atoms with Gasteiger partial charge >= 0.3 is 5.97 Å². The van der Waals surface area contributed by atoms with Crippen molar-refractivity contribution in [1.82, 2.24) is 4.98 Å². The smallest absolute Gasteiger partial charge is 0.339 e. The SMILES string of the molecule is CC(OC(=O)c1ccncc1)C(=O)Nc1ccc(N2CCOCC2)cc1. The van der Waals surface area contributed by atoms with Crippen molar-refractivity contribution in [3.05, 3.63) is 54.4 Å². The van der Waals surface area contributed by atoms with E-state index in [0.717, 1.165) is 32.0 Å². The van der Waals surface area contributed by atoms with Crippen LogP contribution in [-0.4, -0.2) is 49.3 Å². The number of nitrogens with one attached hydrogen (secondary N) is 1. The van der Waals surface area contributed by atoms with E-state index in [4.69, 9.17) is 9.47 Å². The first-order valence-electron chi connectivity index (χ1n) is 8.48. The van der Waals surface area contributed by atoms with E-state index in [1.165, 1.54) is 31.5 Å². The summed E-state index contributed by atoms with van der Waals surface area (Å²) in [7, 11) is 0. The maximum atomic E-state index is 12.2. The molecule has 2 aromatic rings. The molecule has 3 rings (SSSR count). The monoisotopic (exact) mass is 355 g/mol. The number of nitrogens with zero attached hydrogens (tertiary/aromatic N) is 2. The highest BCUT2D eigenvalue weighted by Gasteiger charge is 2.19. The lowest BCUT2D eigenvalue weighted by Gasteiger charge is -2.28. The number of ether oxygens (including phenoxy) is 2. The third-order valence-corrected chi connectivity index (χ3v) is 4.08. The Morgan fingerprint density at radius 1 is 1.12 bits per heavy atom. The van der Waals surface area contributed by atoms with Crippen molar-refractivity contribution in [2.75, 3.05) is 36.5 Å². The minimum Gasteiger partial charge on any atom is -0.449 e. The fraction of sp³-hybridized carbons (Fsp3) is 0.316. The summed E-state index contributed by atoms with van der Waals surface area (Å²) >= 11 is 0. The summed E-state index contributed by atoms with van der Waals surface area (Å²) in [5.74, 6) is -0.941. The Bertz CT molecular complexity index is 743. The van der Waals surface area contributed by atoms with Gasteiger partial charge in [0.05, 0.1) is 18.8 Å². The number of anilines is 2. The van der Waals surface area contributed by atoms with Crippen LogP contribution in [0.1, 0.15) is 17.3 Å². The molecule has 0 bridgehead atoms. The molecule has 1 fully saturated rings. The van der Waals surface area contributed by atoms with Gasteiger partial charge < -0.3 is 19.7 Å². The van der Waals surface area contributed by atoms with E-state index in [1.807, 2.05) is 24.3 Å². The molecule has 0 aliphatic carbocycles. The topological polar surface area (TPSA) is 80.8 Å². The number of hydrogen-bond donors (Lipinski definition) is 1. The van der Waals surface area contributed by atoms with Crippen LogP contribution in [0.4, 0.5) is 11.4 Å². The van der Waals surface area contributed by atoms with Gasteiger partial charge in [-0.25, -0.2) is 4.79 Å². The summed E-state index contributed by atoms with van der Waals surface area (Å²) in [6, 6.07) is 10.7.